The predicted molar refractivity (Wildman–Crippen MR) is 49.2 cm³/mol. The molecule has 2 heterocycles. The fraction of sp³-hybridized carbons (Fsp3) is 0.333. The summed E-state index contributed by atoms with van der Waals surface area (Å²) in [5.41, 5.74) is 2.64. The first kappa shape index (κ1) is 8.04. The molecule has 0 unspecified atom stereocenters. The Morgan fingerprint density at radius 3 is 2.85 bits per heavy atom. The maximum atomic E-state index is 4.28. The summed E-state index contributed by atoms with van der Waals surface area (Å²) in [7, 11) is 0. The van der Waals surface area contributed by atoms with Crippen LogP contribution in [0, 0.1) is 0 Å². The lowest BCUT2D eigenvalue weighted by molar-refractivity contribution is 0.826. The van der Waals surface area contributed by atoms with E-state index in [-0.39, 0.29) is 0 Å². The van der Waals surface area contributed by atoms with Gasteiger partial charge in [0.2, 0.25) is 0 Å². The molecule has 0 aromatic carbocycles. The summed E-state index contributed by atoms with van der Waals surface area (Å²) in [4.78, 5) is 8.44. The fourth-order valence-corrected chi connectivity index (χ4v) is 1.27. The van der Waals surface area contributed by atoms with E-state index in [1.165, 1.54) is 6.33 Å². The average molecular weight is 174 g/mol. The zero-order valence-electron chi connectivity index (χ0n) is 7.60. The Morgan fingerprint density at radius 1 is 1.23 bits per heavy atom. The number of hydrogen-bond acceptors (Lipinski definition) is 4. The van der Waals surface area contributed by atoms with Crippen molar-refractivity contribution in [3.63, 3.8) is 0 Å². The van der Waals surface area contributed by atoms with Crippen molar-refractivity contribution in [2.75, 3.05) is 0 Å². The predicted octanol–water partition coefficient (Wildman–Crippen LogP) is 1.54. The fourth-order valence-electron chi connectivity index (χ4n) is 1.27. The van der Waals surface area contributed by atoms with Gasteiger partial charge in [-0.15, -0.1) is 10.2 Å². The van der Waals surface area contributed by atoms with Gasteiger partial charge in [0.15, 0.2) is 0 Å². The Morgan fingerprint density at radius 2 is 2.08 bits per heavy atom. The molecule has 0 N–H and O–H groups in total. The Hall–Kier alpha value is -1.58. The molecule has 2 aromatic heterocycles. The molecule has 13 heavy (non-hydrogen) atoms. The minimum Gasteiger partial charge on any atom is -0.259 e. The molecule has 2 rings (SSSR count). The van der Waals surface area contributed by atoms with Crippen molar-refractivity contribution in [2.24, 2.45) is 0 Å². The smallest absolute Gasteiger partial charge is 0.138 e. The normalized spacial score (nSPS) is 11.0. The van der Waals surface area contributed by atoms with Gasteiger partial charge in [0.25, 0.3) is 0 Å². The van der Waals surface area contributed by atoms with E-state index in [4.69, 9.17) is 0 Å². The molecule has 4 heteroatoms. The van der Waals surface area contributed by atoms with Gasteiger partial charge in [-0.2, -0.15) is 0 Å². The van der Waals surface area contributed by atoms with Gasteiger partial charge in [-0.05, 0) is 12.0 Å². The van der Waals surface area contributed by atoms with Crippen LogP contribution in [0.1, 0.15) is 25.5 Å². The summed E-state index contributed by atoms with van der Waals surface area (Å²) in [6.45, 7) is 4.17. The first-order chi connectivity index (χ1) is 6.29. The van der Waals surface area contributed by atoms with E-state index in [2.05, 4.69) is 34.0 Å². The maximum Gasteiger partial charge on any atom is 0.138 e. The lowest BCUT2D eigenvalue weighted by Gasteiger charge is -2.05. The van der Waals surface area contributed by atoms with Crippen LogP contribution in [-0.2, 0) is 0 Å². The quantitative estimate of drug-likeness (QED) is 0.658. The molecule has 0 aliphatic heterocycles. The summed E-state index contributed by atoms with van der Waals surface area (Å²) in [6.07, 6.45) is 3.20. The van der Waals surface area contributed by atoms with Crippen molar-refractivity contribution < 1.29 is 0 Å². The maximum absolute atomic E-state index is 4.28. The molecule has 0 saturated heterocycles. The summed E-state index contributed by atoms with van der Waals surface area (Å²) < 4.78 is 0. The van der Waals surface area contributed by atoms with Crippen molar-refractivity contribution >= 4 is 11.0 Å². The van der Waals surface area contributed by atoms with Crippen LogP contribution in [0.25, 0.3) is 11.0 Å². The first-order valence-electron chi connectivity index (χ1n) is 4.21. The molecule has 0 aliphatic rings. The van der Waals surface area contributed by atoms with Crippen LogP contribution in [0.5, 0.6) is 0 Å². The minimum atomic E-state index is 0.361. The Labute approximate surface area is 76.1 Å². The molecule has 0 amide bonds. The van der Waals surface area contributed by atoms with E-state index in [1.807, 2.05) is 6.07 Å². The number of hydrogen-bond donors (Lipinski definition) is 0. The molecule has 0 spiro atoms. The van der Waals surface area contributed by atoms with E-state index < -0.39 is 0 Å². The van der Waals surface area contributed by atoms with Crippen molar-refractivity contribution in [1.29, 1.82) is 0 Å². The molecule has 0 bridgehead atoms. The molecular formula is C9H10N4. The Bertz CT molecular complexity index is 419. The van der Waals surface area contributed by atoms with Crippen molar-refractivity contribution in [1.82, 2.24) is 20.2 Å². The number of fused-ring (bicyclic) bond motifs is 1. The molecule has 66 valence electrons. The molecule has 0 fully saturated rings. The highest BCUT2D eigenvalue weighted by atomic mass is 15.1. The standard InChI is InChI=1S/C9H10N4/c1-6(2)8-9-7(3-4-10-8)13-12-5-11-9/h3-6H,1-2H3. The van der Waals surface area contributed by atoms with Crippen molar-refractivity contribution in [3.05, 3.63) is 24.3 Å². The van der Waals surface area contributed by atoms with E-state index in [0.717, 1.165) is 16.7 Å². The van der Waals surface area contributed by atoms with Crippen LogP contribution in [0.3, 0.4) is 0 Å². The van der Waals surface area contributed by atoms with Crippen LogP contribution >= 0.6 is 0 Å². The zero-order chi connectivity index (χ0) is 9.26. The topological polar surface area (TPSA) is 51.6 Å². The summed E-state index contributed by atoms with van der Waals surface area (Å²) in [5.74, 6) is 0.361. The van der Waals surface area contributed by atoms with Crippen LogP contribution in [0.15, 0.2) is 18.6 Å². The Kier molecular flexibility index (Phi) is 1.88. The SMILES string of the molecule is CC(C)c1nccc2nncnc12. The van der Waals surface area contributed by atoms with E-state index >= 15 is 0 Å². The van der Waals surface area contributed by atoms with Gasteiger partial charge in [-0.3, -0.25) is 4.98 Å². The van der Waals surface area contributed by atoms with Crippen LogP contribution in [0.2, 0.25) is 0 Å². The number of pyridine rings is 1. The number of nitrogens with zero attached hydrogens (tertiary/aromatic N) is 4. The monoisotopic (exact) mass is 174 g/mol. The minimum absolute atomic E-state index is 0.361. The molecule has 4 nitrogen and oxygen atoms in total. The second kappa shape index (κ2) is 3.05. The van der Waals surface area contributed by atoms with E-state index in [9.17, 15) is 0 Å². The van der Waals surface area contributed by atoms with Crippen LogP contribution < -0.4 is 0 Å². The highest BCUT2D eigenvalue weighted by molar-refractivity contribution is 5.75. The molecule has 0 aliphatic carbocycles. The highest BCUT2D eigenvalue weighted by Crippen LogP contribution is 2.18. The highest BCUT2D eigenvalue weighted by Gasteiger charge is 2.07. The van der Waals surface area contributed by atoms with Crippen molar-refractivity contribution in [2.45, 2.75) is 19.8 Å². The zero-order valence-corrected chi connectivity index (χ0v) is 7.60. The number of rotatable bonds is 1. The second-order valence-electron chi connectivity index (χ2n) is 3.18. The van der Waals surface area contributed by atoms with E-state index in [0.29, 0.717) is 5.92 Å². The molecule has 2 aromatic rings. The third-order valence-corrected chi connectivity index (χ3v) is 1.88. The summed E-state index contributed by atoms with van der Waals surface area (Å²) in [6, 6.07) is 1.82. The third-order valence-electron chi connectivity index (χ3n) is 1.88. The van der Waals surface area contributed by atoms with Gasteiger partial charge in [0.1, 0.15) is 17.4 Å². The van der Waals surface area contributed by atoms with Gasteiger partial charge >= 0.3 is 0 Å². The van der Waals surface area contributed by atoms with Crippen LogP contribution in [0.4, 0.5) is 0 Å². The van der Waals surface area contributed by atoms with Gasteiger partial charge < -0.3 is 0 Å². The van der Waals surface area contributed by atoms with Gasteiger partial charge in [-0.25, -0.2) is 4.98 Å². The average Bonchev–Trinajstić information content (AvgIpc) is 2.17. The largest absolute Gasteiger partial charge is 0.259 e. The second-order valence-corrected chi connectivity index (χ2v) is 3.18. The first-order valence-corrected chi connectivity index (χ1v) is 4.21. The lowest BCUT2D eigenvalue weighted by atomic mass is 10.1. The Balaban J connectivity index is 2.76. The van der Waals surface area contributed by atoms with Gasteiger partial charge in [-0.1, -0.05) is 13.8 Å². The summed E-state index contributed by atoms with van der Waals surface area (Å²) >= 11 is 0. The number of aromatic nitrogens is 4. The van der Waals surface area contributed by atoms with Crippen LogP contribution in [-0.4, -0.2) is 20.2 Å². The van der Waals surface area contributed by atoms with Gasteiger partial charge in [0, 0.05) is 6.20 Å². The third kappa shape index (κ3) is 1.35. The molecule has 0 atom stereocenters. The lowest BCUT2D eigenvalue weighted by Crippen LogP contribution is -1.97. The molecule has 0 radical (unpaired) electrons. The molecule has 0 saturated carbocycles. The van der Waals surface area contributed by atoms with Gasteiger partial charge in [0.05, 0.1) is 5.69 Å². The van der Waals surface area contributed by atoms with Crippen molar-refractivity contribution in [3.8, 4) is 0 Å². The van der Waals surface area contributed by atoms with E-state index in [1.54, 1.807) is 6.20 Å². The molecular weight excluding hydrogens is 164 g/mol. The summed E-state index contributed by atoms with van der Waals surface area (Å²) in [5, 5.41) is 7.70.